The lowest BCUT2D eigenvalue weighted by atomic mass is 9.77. The van der Waals surface area contributed by atoms with Crippen LogP contribution in [-0.2, 0) is 6.42 Å². The van der Waals surface area contributed by atoms with Gasteiger partial charge in [0.1, 0.15) is 0 Å². The van der Waals surface area contributed by atoms with Crippen LogP contribution in [0.2, 0.25) is 0 Å². The first-order chi connectivity index (χ1) is 11.3. The molecule has 0 bridgehead atoms. The van der Waals surface area contributed by atoms with Gasteiger partial charge in [0.05, 0.1) is 30.4 Å². The van der Waals surface area contributed by atoms with E-state index >= 15 is 0 Å². The Labute approximate surface area is 134 Å². The number of aliphatic hydroxyl groups excluding tert-OH is 1. The third-order valence-electron chi connectivity index (χ3n) is 5.29. The van der Waals surface area contributed by atoms with Crippen molar-refractivity contribution in [3.63, 3.8) is 0 Å². The summed E-state index contributed by atoms with van der Waals surface area (Å²) in [7, 11) is 0. The van der Waals surface area contributed by atoms with Crippen LogP contribution in [0.25, 0.3) is 11.3 Å². The van der Waals surface area contributed by atoms with Crippen molar-refractivity contribution in [1.29, 1.82) is 0 Å². The van der Waals surface area contributed by atoms with Crippen molar-refractivity contribution in [2.45, 2.75) is 25.0 Å². The molecule has 5 rings (SSSR count). The zero-order chi connectivity index (χ0) is 15.4. The van der Waals surface area contributed by atoms with Gasteiger partial charge in [-0.2, -0.15) is 0 Å². The molecule has 3 aromatic rings. The van der Waals surface area contributed by atoms with Crippen LogP contribution in [0, 0.1) is 5.92 Å². The highest BCUT2D eigenvalue weighted by Crippen LogP contribution is 2.49. The number of pyridine rings is 1. The first kappa shape index (κ1) is 13.0. The molecule has 114 valence electrons. The molecule has 4 nitrogen and oxygen atoms in total. The molecule has 2 aromatic heterocycles. The van der Waals surface area contributed by atoms with Gasteiger partial charge in [0.2, 0.25) is 0 Å². The van der Waals surface area contributed by atoms with Gasteiger partial charge in [-0.1, -0.05) is 30.3 Å². The molecule has 1 aliphatic carbocycles. The summed E-state index contributed by atoms with van der Waals surface area (Å²) in [6, 6.07) is 12.5. The predicted molar refractivity (Wildman–Crippen MR) is 86.8 cm³/mol. The number of aliphatic hydroxyl groups is 1. The van der Waals surface area contributed by atoms with Gasteiger partial charge in [0, 0.05) is 28.9 Å². The van der Waals surface area contributed by atoms with Crippen LogP contribution in [0.4, 0.5) is 0 Å². The lowest BCUT2D eigenvalue weighted by Crippen LogP contribution is -2.29. The van der Waals surface area contributed by atoms with Gasteiger partial charge in [-0.25, -0.2) is 4.98 Å². The maximum Gasteiger partial charge on any atom is 0.0956 e. The van der Waals surface area contributed by atoms with E-state index in [9.17, 15) is 5.11 Å². The van der Waals surface area contributed by atoms with Crippen molar-refractivity contribution in [2.24, 2.45) is 5.92 Å². The molecule has 2 aliphatic rings. The van der Waals surface area contributed by atoms with Crippen molar-refractivity contribution in [3.8, 4) is 11.3 Å². The molecule has 0 radical (unpaired) electrons. The molecule has 0 saturated carbocycles. The van der Waals surface area contributed by atoms with E-state index in [0.717, 1.165) is 29.8 Å². The summed E-state index contributed by atoms with van der Waals surface area (Å²) in [6.07, 6.45) is 6.99. The molecule has 0 amide bonds. The second-order valence-corrected chi connectivity index (χ2v) is 6.40. The zero-order valence-corrected chi connectivity index (χ0v) is 12.6. The van der Waals surface area contributed by atoms with Gasteiger partial charge in [0.25, 0.3) is 0 Å². The largest absolute Gasteiger partial charge is 0.388 e. The van der Waals surface area contributed by atoms with E-state index in [4.69, 9.17) is 0 Å². The molecule has 3 atom stereocenters. The lowest BCUT2D eigenvalue weighted by Gasteiger charge is -2.34. The summed E-state index contributed by atoms with van der Waals surface area (Å²) in [5, 5.41) is 11.0. The van der Waals surface area contributed by atoms with Gasteiger partial charge in [-0.05, 0) is 24.5 Å². The van der Waals surface area contributed by atoms with Crippen LogP contribution in [-0.4, -0.2) is 19.6 Å². The minimum atomic E-state index is -0.487. The molecule has 3 heterocycles. The fourth-order valence-electron chi connectivity index (χ4n) is 4.26. The standard InChI is InChI=1S/C19H17N3O/c23-19-14-6-3-9-21-16(14)8-7-15(19)18-13-5-2-1-4-12(13)17-10-20-11-22(17)18/h1-6,9-11,15,18-19,23H,7-8H2/t15-,18-,19+/m1/s1. The van der Waals surface area contributed by atoms with Gasteiger partial charge < -0.3 is 9.67 Å². The van der Waals surface area contributed by atoms with Crippen molar-refractivity contribution in [1.82, 2.24) is 14.5 Å². The summed E-state index contributed by atoms with van der Waals surface area (Å²) in [4.78, 5) is 8.76. The number of aromatic nitrogens is 3. The molecule has 0 saturated heterocycles. The molecule has 0 spiro atoms. The van der Waals surface area contributed by atoms with Crippen LogP contribution in [0.5, 0.6) is 0 Å². The zero-order valence-electron chi connectivity index (χ0n) is 12.6. The average Bonchev–Trinajstić information content (AvgIpc) is 3.17. The van der Waals surface area contributed by atoms with E-state index in [1.165, 1.54) is 11.1 Å². The number of rotatable bonds is 1. The molecule has 23 heavy (non-hydrogen) atoms. The predicted octanol–water partition coefficient (Wildman–Crippen LogP) is 3.14. The number of aryl methyl sites for hydroxylation is 1. The quantitative estimate of drug-likeness (QED) is 0.751. The number of hydrogen-bond acceptors (Lipinski definition) is 3. The van der Waals surface area contributed by atoms with E-state index in [-0.39, 0.29) is 12.0 Å². The number of imidazole rings is 1. The Bertz CT molecular complexity index is 886. The fraction of sp³-hybridized carbons (Fsp3) is 0.263. The first-order valence-electron chi connectivity index (χ1n) is 8.07. The summed E-state index contributed by atoms with van der Waals surface area (Å²) in [5.74, 6) is 0.142. The van der Waals surface area contributed by atoms with E-state index in [1.807, 2.05) is 30.9 Å². The smallest absolute Gasteiger partial charge is 0.0956 e. The van der Waals surface area contributed by atoms with Crippen molar-refractivity contribution in [3.05, 3.63) is 71.9 Å². The van der Waals surface area contributed by atoms with E-state index in [0.29, 0.717) is 0 Å². The maximum atomic E-state index is 11.0. The second kappa shape index (κ2) is 4.77. The van der Waals surface area contributed by atoms with Gasteiger partial charge in [0.15, 0.2) is 0 Å². The normalized spacial score (nSPS) is 24.8. The molecular formula is C19H17N3O. The summed E-state index contributed by atoms with van der Waals surface area (Å²) in [5.41, 5.74) is 5.69. The number of hydrogen-bond donors (Lipinski definition) is 1. The molecule has 4 heteroatoms. The van der Waals surface area contributed by atoms with E-state index in [2.05, 4.69) is 38.8 Å². The monoisotopic (exact) mass is 303 g/mol. The molecule has 0 unspecified atom stereocenters. The number of fused-ring (bicyclic) bond motifs is 4. The van der Waals surface area contributed by atoms with Crippen molar-refractivity contribution >= 4 is 0 Å². The Morgan fingerprint density at radius 2 is 1.96 bits per heavy atom. The molecule has 0 fully saturated rings. The Morgan fingerprint density at radius 1 is 1.09 bits per heavy atom. The number of benzene rings is 1. The first-order valence-corrected chi connectivity index (χ1v) is 8.07. The van der Waals surface area contributed by atoms with Gasteiger partial charge in [-0.15, -0.1) is 0 Å². The lowest BCUT2D eigenvalue weighted by molar-refractivity contribution is 0.0710. The van der Waals surface area contributed by atoms with Crippen LogP contribution >= 0.6 is 0 Å². The average molecular weight is 303 g/mol. The van der Waals surface area contributed by atoms with Crippen LogP contribution in [0.15, 0.2) is 55.1 Å². The molecule has 1 N–H and O–H groups in total. The minimum absolute atomic E-state index is 0.142. The Balaban J connectivity index is 1.64. The molecule has 1 aliphatic heterocycles. The summed E-state index contributed by atoms with van der Waals surface area (Å²) < 4.78 is 2.22. The van der Waals surface area contributed by atoms with Crippen LogP contribution in [0.3, 0.4) is 0 Å². The highest BCUT2D eigenvalue weighted by Gasteiger charge is 2.40. The third kappa shape index (κ3) is 1.75. The summed E-state index contributed by atoms with van der Waals surface area (Å²) >= 11 is 0. The SMILES string of the molecule is O[C@H]1c2cccnc2CC[C@@H]1[C@H]1c2ccccc2-c2cncn21. The molecular weight excluding hydrogens is 286 g/mol. The topological polar surface area (TPSA) is 50.9 Å². The highest BCUT2D eigenvalue weighted by molar-refractivity contribution is 5.69. The second-order valence-electron chi connectivity index (χ2n) is 6.40. The van der Waals surface area contributed by atoms with E-state index < -0.39 is 6.10 Å². The Kier molecular flexibility index (Phi) is 2.70. The van der Waals surface area contributed by atoms with E-state index in [1.54, 1.807) is 0 Å². The van der Waals surface area contributed by atoms with Crippen LogP contribution in [0.1, 0.15) is 35.4 Å². The van der Waals surface area contributed by atoms with Gasteiger partial charge >= 0.3 is 0 Å². The Hall–Kier alpha value is -2.46. The molecule has 1 aromatic carbocycles. The summed E-state index contributed by atoms with van der Waals surface area (Å²) in [6.45, 7) is 0. The maximum absolute atomic E-state index is 11.0. The van der Waals surface area contributed by atoms with Crippen molar-refractivity contribution < 1.29 is 5.11 Å². The Morgan fingerprint density at radius 3 is 2.91 bits per heavy atom. The number of nitrogens with zero attached hydrogens (tertiary/aromatic N) is 3. The third-order valence-corrected chi connectivity index (χ3v) is 5.29. The van der Waals surface area contributed by atoms with Gasteiger partial charge in [-0.3, -0.25) is 4.98 Å². The minimum Gasteiger partial charge on any atom is -0.388 e. The fourth-order valence-corrected chi connectivity index (χ4v) is 4.26. The van der Waals surface area contributed by atoms with Crippen LogP contribution < -0.4 is 0 Å². The van der Waals surface area contributed by atoms with Crippen molar-refractivity contribution in [2.75, 3.05) is 0 Å². The highest BCUT2D eigenvalue weighted by atomic mass is 16.3.